The van der Waals surface area contributed by atoms with Gasteiger partial charge in [0.1, 0.15) is 0 Å². The molecule has 24 heavy (non-hydrogen) atoms. The van der Waals surface area contributed by atoms with Crippen molar-refractivity contribution in [1.29, 1.82) is 0 Å². The Morgan fingerprint density at radius 1 is 1.12 bits per heavy atom. The third-order valence-electron chi connectivity index (χ3n) is 4.76. The molecule has 1 aromatic rings. The van der Waals surface area contributed by atoms with Crippen LogP contribution in [0.3, 0.4) is 0 Å². The lowest BCUT2D eigenvalue weighted by Crippen LogP contribution is -2.34. The van der Waals surface area contributed by atoms with E-state index in [9.17, 15) is 9.59 Å². The van der Waals surface area contributed by atoms with Gasteiger partial charge in [-0.2, -0.15) is 0 Å². The van der Waals surface area contributed by atoms with Crippen LogP contribution >= 0.6 is 0 Å². The third kappa shape index (κ3) is 5.36. The summed E-state index contributed by atoms with van der Waals surface area (Å²) in [5.74, 6) is -0.0830. The molecule has 1 aliphatic rings. The van der Waals surface area contributed by atoms with Crippen molar-refractivity contribution >= 4 is 11.8 Å². The first-order valence-corrected chi connectivity index (χ1v) is 9.28. The monoisotopic (exact) mass is 330 g/mol. The minimum absolute atomic E-state index is 0.0208. The average Bonchev–Trinajstić information content (AvgIpc) is 2.87. The summed E-state index contributed by atoms with van der Waals surface area (Å²) >= 11 is 0. The molecule has 0 atom stereocenters. The van der Waals surface area contributed by atoms with E-state index >= 15 is 0 Å². The fourth-order valence-electron chi connectivity index (χ4n) is 3.20. The van der Waals surface area contributed by atoms with Crippen LogP contribution in [0.4, 0.5) is 0 Å². The second-order valence-corrected chi connectivity index (χ2v) is 6.82. The molecule has 0 spiro atoms. The molecule has 2 amide bonds. The summed E-state index contributed by atoms with van der Waals surface area (Å²) in [6.07, 6.45) is 9.07. The van der Waals surface area contributed by atoms with Crippen molar-refractivity contribution in [1.82, 2.24) is 10.2 Å². The Balaban J connectivity index is 2.00. The highest BCUT2D eigenvalue weighted by molar-refractivity contribution is 5.99. The van der Waals surface area contributed by atoms with E-state index in [1.54, 1.807) is 29.2 Å². The van der Waals surface area contributed by atoms with Crippen LogP contribution < -0.4 is 5.32 Å². The van der Waals surface area contributed by atoms with Gasteiger partial charge >= 0.3 is 0 Å². The number of hydrogen-bond acceptors (Lipinski definition) is 2. The number of unbranched alkanes of at least 4 members (excludes halogenated alkanes) is 1. The van der Waals surface area contributed by atoms with Gasteiger partial charge in [-0.15, -0.1) is 0 Å². The van der Waals surface area contributed by atoms with E-state index in [-0.39, 0.29) is 17.9 Å². The van der Waals surface area contributed by atoms with Gasteiger partial charge in [0.15, 0.2) is 0 Å². The van der Waals surface area contributed by atoms with Crippen molar-refractivity contribution in [3.05, 3.63) is 35.4 Å². The van der Waals surface area contributed by atoms with Crippen LogP contribution in [0.5, 0.6) is 0 Å². The fourth-order valence-corrected chi connectivity index (χ4v) is 3.20. The van der Waals surface area contributed by atoms with Gasteiger partial charge in [0, 0.05) is 30.8 Å². The Morgan fingerprint density at radius 3 is 2.46 bits per heavy atom. The molecule has 1 aromatic carbocycles. The first kappa shape index (κ1) is 18.5. The van der Waals surface area contributed by atoms with Gasteiger partial charge in [-0.25, -0.2) is 0 Å². The molecule has 132 valence electrons. The lowest BCUT2D eigenvalue weighted by atomic mass is 10.1. The van der Waals surface area contributed by atoms with E-state index in [1.165, 1.54) is 25.7 Å². The molecule has 1 aliphatic carbocycles. The number of hydrogen-bond donors (Lipinski definition) is 1. The second kappa shape index (κ2) is 9.45. The standard InChI is InChI=1S/C20H30N2O2/c1-3-4-14-22(2)20(24)17-11-9-10-16(15-17)19(23)21-18-12-7-5-6-8-13-18/h9-11,15,18H,3-8,12-14H2,1-2H3,(H,21,23). The van der Waals surface area contributed by atoms with Crippen LogP contribution in [0.1, 0.15) is 79.0 Å². The molecule has 0 aliphatic heterocycles. The quantitative estimate of drug-likeness (QED) is 0.801. The smallest absolute Gasteiger partial charge is 0.253 e. The molecule has 4 nitrogen and oxygen atoms in total. The first-order chi connectivity index (χ1) is 11.6. The summed E-state index contributed by atoms with van der Waals surface area (Å²) in [5.41, 5.74) is 1.16. The topological polar surface area (TPSA) is 49.4 Å². The van der Waals surface area contributed by atoms with E-state index in [1.807, 2.05) is 7.05 Å². The molecule has 1 N–H and O–H groups in total. The Kier molecular flexibility index (Phi) is 7.29. The number of carbonyl (C=O) groups is 2. The first-order valence-electron chi connectivity index (χ1n) is 9.28. The van der Waals surface area contributed by atoms with Crippen LogP contribution in [-0.2, 0) is 0 Å². The number of nitrogens with zero attached hydrogens (tertiary/aromatic N) is 1. The predicted molar refractivity (Wildman–Crippen MR) is 97.3 cm³/mol. The van der Waals surface area contributed by atoms with Crippen LogP contribution in [0, 0.1) is 0 Å². The highest BCUT2D eigenvalue weighted by Crippen LogP contribution is 2.18. The second-order valence-electron chi connectivity index (χ2n) is 6.82. The van der Waals surface area contributed by atoms with Crippen LogP contribution in [0.15, 0.2) is 24.3 Å². The van der Waals surface area contributed by atoms with Crippen molar-refractivity contribution in [2.75, 3.05) is 13.6 Å². The maximum Gasteiger partial charge on any atom is 0.253 e. The molecule has 1 saturated carbocycles. The average molecular weight is 330 g/mol. The molecule has 0 saturated heterocycles. The molecule has 2 rings (SSSR count). The molecule has 0 aromatic heterocycles. The number of benzene rings is 1. The van der Waals surface area contributed by atoms with Crippen molar-refractivity contribution in [3.63, 3.8) is 0 Å². The van der Waals surface area contributed by atoms with Gasteiger partial charge in [0.05, 0.1) is 0 Å². The number of amides is 2. The molecular weight excluding hydrogens is 300 g/mol. The van der Waals surface area contributed by atoms with Gasteiger partial charge in [-0.05, 0) is 37.5 Å². The van der Waals surface area contributed by atoms with E-state index in [0.29, 0.717) is 11.1 Å². The van der Waals surface area contributed by atoms with Gasteiger partial charge in [-0.3, -0.25) is 9.59 Å². The van der Waals surface area contributed by atoms with E-state index in [0.717, 1.165) is 32.2 Å². The summed E-state index contributed by atoms with van der Waals surface area (Å²) < 4.78 is 0. The lowest BCUT2D eigenvalue weighted by Gasteiger charge is -2.18. The summed E-state index contributed by atoms with van der Waals surface area (Å²) in [5, 5.41) is 3.14. The van der Waals surface area contributed by atoms with Crippen molar-refractivity contribution in [2.24, 2.45) is 0 Å². The van der Waals surface area contributed by atoms with Gasteiger partial charge < -0.3 is 10.2 Å². The normalized spacial score (nSPS) is 15.6. The van der Waals surface area contributed by atoms with Gasteiger partial charge in [-0.1, -0.05) is 45.1 Å². The third-order valence-corrected chi connectivity index (χ3v) is 4.76. The molecule has 4 heteroatoms. The predicted octanol–water partition coefficient (Wildman–Crippen LogP) is 4.01. The zero-order valence-corrected chi connectivity index (χ0v) is 15.0. The largest absolute Gasteiger partial charge is 0.349 e. The molecular formula is C20H30N2O2. The lowest BCUT2D eigenvalue weighted by molar-refractivity contribution is 0.0793. The number of carbonyl (C=O) groups excluding carboxylic acids is 2. The Hall–Kier alpha value is -1.84. The van der Waals surface area contributed by atoms with E-state index in [4.69, 9.17) is 0 Å². The zero-order valence-electron chi connectivity index (χ0n) is 15.0. The fraction of sp³-hybridized carbons (Fsp3) is 0.600. The van der Waals surface area contributed by atoms with Gasteiger partial charge in [0.25, 0.3) is 11.8 Å². The maximum atomic E-state index is 12.5. The number of nitrogens with one attached hydrogen (secondary N) is 1. The SMILES string of the molecule is CCCCN(C)C(=O)c1cccc(C(=O)NC2CCCCCC2)c1. The molecule has 0 unspecified atom stereocenters. The Bertz CT molecular complexity index is 548. The molecule has 0 heterocycles. The van der Waals surface area contributed by atoms with Crippen molar-refractivity contribution < 1.29 is 9.59 Å². The van der Waals surface area contributed by atoms with Crippen molar-refractivity contribution in [3.8, 4) is 0 Å². The molecule has 0 bridgehead atoms. The molecule has 1 fully saturated rings. The minimum Gasteiger partial charge on any atom is -0.349 e. The Labute approximate surface area is 145 Å². The summed E-state index contributed by atoms with van der Waals surface area (Å²) in [6, 6.07) is 7.36. The highest BCUT2D eigenvalue weighted by Gasteiger charge is 2.17. The summed E-state index contributed by atoms with van der Waals surface area (Å²) in [4.78, 5) is 26.7. The van der Waals surface area contributed by atoms with E-state index in [2.05, 4.69) is 12.2 Å². The number of rotatable bonds is 6. The van der Waals surface area contributed by atoms with Crippen LogP contribution in [0.25, 0.3) is 0 Å². The van der Waals surface area contributed by atoms with Crippen molar-refractivity contribution in [2.45, 2.75) is 64.3 Å². The maximum absolute atomic E-state index is 12.5. The Morgan fingerprint density at radius 2 is 1.79 bits per heavy atom. The van der Waals surface area contributed by atoms with Crippen LogP contribution in [0.2, 0.25) is 0 Å². The zero-order chi connectivity index (χ0) is 17.4. The summed E-state index contributed by atoms with van der Waals surface area (Å²) in [6.45, 7) is 2.85. The minimum atomic E-state index is -0.0623. The van der Waals surface area contributed by atoms with E-state index < -0.39 is 0 Å². The molecule has 0 radical (unpaired) electrons. The summed E-state index contributed by atoms with van der Waals surface area (Å²) in [7, 11) is 1.82. The highest BCUT2D eigenvalue weighted by atomic mass is 16.2. The van der Waals surface area contributed by atoms with Gasteiger partial charge in [0.2, 0.25) is 0 Å². The van der Waals surface area contributed by atoms with Crippen LogP contribution in [-0.4, -0.2) is 36.3 Å².